The third-order valence-electron chi connectivity index (χ3n) is 2.98. The summed E-state index contributed by atoms with van der Waals surface area (Å²) in [5.74, 6) is 0. The predicted octanol–water partition coefficient (Wildman–Crippen LogP) is 2.33. The molecule has 0 unspecified atom stereocenters. The summed E-state index contributed by atoms with van der Waals surface area (Å²) in [6.45, 7) is 3.23. The lowest BCUT2D eigenvalue weighted by Crippen LogP contribution is -2.24. The zero-order valence-electron chi connectivity index (χ0n) is 10.0. The second kappa shape index (κ2) is 4.42. The zero-order valence-corrected chi connectivity index (χ0v) is 10.9. The zero-order chi connectivity index (χ0) is 12.5. The normalized spacial score (nSPS) is 11.2. The quantitative estimate of drug-likeness (QED) is 0.724. The van der Waals surface area contributed by atoms with Crippen LogP contribution in [0.5, 0.6) is 0 Å². The first-order valence-electron chi connectivity index (χ1n) is 5.87. The van der Waals surface area contributed by atoms with Gasteiger partial charge in [-0.2, -0.15) is 0 Å². The van der Waals surface area contributed by atoms with Crippen LogP contribution in [0.4, 0.5) is 0 Å². The Kier molecular flexibility index (Phi) is 2.76. The van der Waals surface area contributed by atoms with Crippen LogP contribution >= 0.6 is 11.3 Å². The fraction of sp³-hybridized carbons (Fsp3) is 0.231. The Bertz CT molecular complexity index is 724. The molecule has 18 heavy (non-hydrogen) atoms. The van der Waals surface area contributed by atoms with Gasteiger partial charge in [-0.3, -0.25) is 9.13 Å². The van der Waals surface area contributed by atoms with E-state index in [0.717, 1.165) is 16.0 Å². The van der Waals surface area contributed by atoms with Crippen molar-refractivity contribution in [1.82, 2.24) is 14.1 Å². The summed E-state index contributed by atoms with van der Waals surface area (Å²) in [7, 11) is 0. The van der Waals surface area contributed by atoms with Crippen LogP contribution in [0, 0.1) is 0 Å². The Balaban J connectivity index is 2.22. The maximum atomic E-state index is 12.3. The molecule has 0 N–H and O–H groups in total. The first kappa shape index (κ1) is 11.2. The molecule has 92 valence electrons. The summed E-state index contributed by atoms with van der Waals surface area (Å²) in [6, 6.07) is 7.84. The average molecular weight is 259 g/mol. The smallest absolute Gasteiger partial charge is 0.291 e. The molecular formula is C13H13N3OS. The molecule has 0 aromatic carbocycles. The standard InChI is InChI=1S/C13H13N3OS/c1-2-15-11-6-3-7-14-12(11)16(13(15)17)9-10-5-4-8-18-10/h3-8H,2,9H2,1H3. The molecule has 3 heterocycles. The summed E-state index contributed by atoms with van der Waals surface area (Å²) in [4.78, 5) is 17.8. The second-order valence-corrected chi connectivity index (χ2v) is 5.07. The van der Waals surface area contributed by atoms with Crippen molar-refractivity contribution in [3.05, 3.63) is 51.2 Å². The summed E-state index contributed by atoms with van der Waals surface area (Å²) >= 11 is 1.66. The molecule has 0 amide bonds. The SMILES string of the molecule is CCn1c(=O)n(Cc2cccs2)c2ncccc21. The monoisotopic (exact) mass is 259 g/mol. The van der Waals surface area contributed by atoms with Crippen molar-refractivity contribution >= 4 is 22.5 Å². The number of aryl methyl sites for hydroxylation is 1. The summed E-state index contributed by atoms with van der Waals surface area (Å²) < 4.78 is 3.50. The first-order chi connectivity index (χ1) is 8.81. The second-order valence-electron chi connectivity index (χ2n) is 4.04. The van der Waals surface area contributed by atoms with E-state index in [2.05, 4.69) is 4.98 Å². The minimum absolute atomic E-state index is 0.0135. The van der Waals surface area contributed by atoms with Crippen LogP contribution in [0.2, 0.25) is 0 Å². The number of rotatable bonds is 3. The first-order valence-corrected chi connectivity index (χ1v) is 6.75. The topological polar surface area (TPSA) is 39.8 Å². The van der Waals surface area contributed by atoms with Gasteiger partial charge in [0.2, 0.25) is 0 Å². The number of imidazole rings is 1. The number of thiophene rings is 1. The van der Waals surface area contributed by atoms with Crippen LogP contribution in [0.15, 0.2) is 40.6 Å². The molecule has 0 bridgehead atoms. The fourth-order valence-corrected chi connectivity index (χ4v) is 2.85. The number of nitrogens with zero attached hydrogens (tertiary/aromatic N) is 3. The molecule has 0 aliphatic rings. The molecule has 0 radical (unpaired) electrons. The largest absolute Gasteiger partial charge is 0.330 e. The minimum Gasteiger partial charge on any atom is -0.291 e. The van der Waals surface area contributed by atoms with Gasteiger partial charge in [-0.25, -0.2) is 9.78 Å². The van der Waals surface area contributed by atoms with Crippen LogP contribution in [0.3, 0.4) is 0 Å². The van der Waals surface area contributed by atoms with Crippen molar-refractivity contribution in [1.29, 1.82) is 0 Å². The van der Waals surface area contributed by atoms with E-state index in [1.165, 1.54) is 0 Å². The number of fused-ring (bicyclic) bond motifs is 1. The molecular weight excluding hydrogens is 246 g/mol. The van der Waals surface area contributed by atoms with Gasteiger partial charge in [0.05, 0.1) is 12.1 Å². The number of aromatic nitrogens is 3. The van der Waals surface area contributed by atoms with E-state index in [9.17, 15) is 4.79 Å². The highest BCUT2D eigenvalue weighted by Crippen LogP contribution is 2.14. The Hall–Kier alpha value is -1.88. The number of hydrogen-bond donors (Lipinski definition) is 0. The van der Waals surface area contributed by atoms with Crippen LogP contribution in [-0.2, 0) is 13.1 Å². The lowest BCUT2D eigenvalue weighted by molar-refractivity contribution is 0.686. The highest BCUT2D eigenvalue weighted by molar-refractivity contribution is 7.09. The fourth-order valence-electron chi connectivity index (χ4n) is 2.15. The van der Waals surface area contributed by atoms with Crippen molar-refractivity contribution in [2.24, 2.45) is 0 Å². The van der Waals surface area contributed by atoms with Gasteiger partial charge < -0.3 is 0 Å². The molecule has 0 aliphatic heterocycles. The summed E-state index contributed by atoms with van der Waals surface area (Å²) in [5, 5.41) is 2.02. The Morgan fingerprint density at radius 3 is 2.89 bits per heavy atom. The molecule has 0 fully saturated rings. The molecule has 3 aromatic heterocycles. The molecule has 3 aromatic rings. The van der Waals surface area contributed by atoms with E-state index in [4.69, 9.17) is 0 Å². The van der Waals surface area contributed by atoms with Gasteiger partial charge in [-0.1, -0.05) is 6.07 Å². The van der Waals surface area contributed by atoms with E-state index in [-0.39, 0.29) is 5.69 Å². The van der Waals surface area contributed by atoms with Gasteiger partial charge in [-0.05, 0) is 30.5 Å². The molecule has 0 saturated carbocycles. The van der Waals surface area contributed by atoms with E-state index in [1.54, 1.807) is 26.7 Å². The molecule has 5 heteroatoms. The van der Waals surface area contributed by atoms with E-state index in [0.29, 0.717) is 13.1 Å². The maximum absolute atomic E-state index is 12.3. The van der Waals surface area contributed by atoms with Gasteiger partial charge >= 0.3 is 5.69 Å². The minimum atomic E-state index is 0.0135. The summed E-state index contributed by atoms with van der Waals surface area (Å²) in [5.41, 5.74) is 1.68. The lowest BCUT2D eigenvalue weighted by atomic mass is 10.4. The third kappa shape index (κ3) is 1.67. The average Bonchev–Trinajstić information content (AvgIpc) is 2.98. The van der Waals surface area contributed by atoms with Crippen LogP contribution < -0.4 is 5.69 Å². The predicted molar refractivity (Wildman–Crippen MR) is 73.1 cm³/mol. The van der Waals surface area contributed by atoms with Crippen molar-refractivity contribution in [3.8, 4) is 0 Å². The molecule has 4 nitrogen and oxygen atoms in total. The Morgan fingerprint density at radius 2 is 2.17 bits per heavy atom. The van der Waals surface area contributed by atoms with Gasteiger partial charge in [0.1, 0.15) is 0 Å². The van der Waals surface area contributed by atoms with Gasteiger partial charge in [0.25, 0.3) is 0 Å². The molecule has 0 saturated heterocycles. The van der Waals surface area contributed by atoms with Crippen molar-refractivity contribution < 1.29 is 0 Å². The van der Waals surface area contributed by atoms with E-state index < -0.39 is 0 Å². The van der Waals surface area contributed by atoms with Crippen molar-refractivity contribution in [2.75, 3.05) is 0 Å². The highest BCUT2D eigenvalue weighted by atomic mass is 32.1. The molecule has 0 spiro atoms. The van der Waals surface area contributed by atoms with Crippen LogP contribution in [0.25, 0.3) is 11.2 Å². The van der Waals surface area contributed by atoms with Crippen molar-refractivity contribution in [3.63, 3.8) is 0 Å². The highest BCUT2D eigenvalue weighted by Gasteiger charge is 2.12. The maximum Gasteiger partial charge on any atom is 0.330 e. The van der Waals surface area contributed by atoms with E-state index >= 15 is 0 Å². The number of pyridine rings is 1. The van der Waals surface area contributed by atoms with Crippen LogP contribution in [-0.4, -0.2) is 14.1 Å². The molecule has 0 atom stereocenters. The van der Waals surface area contributed by atoms with Gasteiger partial charge in [0, 0.05) is 17.6 Å². The van der Waals surface area contributed by atoms with Crippen LogP contribution in [0.1, 0.15) is 11.8 Å². The number of hydrogen-bond acceptors (Lipinski definition) is 3. The lowest BCUT2D eigenvalue weighted by Gasteiger charge is -1.99. The molecule has 0 aliphatic carbocycles. The van der Waals surface area contributed by atoms with Gasteiger partial charge in [0.15, 0.2) is 5.65 Å². The van der Waals surface area contributed by atoms with E-state index in [1.807, 2.05) is 36.6 Å². The van der Waals surface area contributed by atoms with Crippen molar-refractivity contribution in [2.45, 2.75) is 20.0 Å². The Labute approximate surface area is 108 Å². The third-order valence-corrected chi connectivity index (χ3v) is 3.85. The van der Waals surface area contributed by atoms with Gasteiger partial charge in [-0.15, -0.1) is 11.3 Å². The summed E-state index contributed by atoms with van der Waals surface area (Å²) in [6.07, 6.45) is 1.73. The Morgan fingerprint density at radius 1 is 1.28 bits per heavy atom. The molecule has 3 rings (SSSR count).